The Hall–Kier alpha value is -3.09. The van der Waals surface area contributed by atoms with Crippen LogP contribution < -0.4 is 10.1 Å². The van der Waals surface area contributed by atoms with Gasteiger partial charge >= 0.3 is 12.1 Å². The lowest BCUT2D eigenvalue weighted by Crippen LogP contribution is -2.29. The van der Waals surface area contributed by atoms with Crippen molar-refractivity contribution >= 4 is 23.5 Å². The average molecular weight is 349 g/mol. The first-order chi connectivity index (χ1) is 11.8. The number of ketones is 1. The molecule has 1 N–H and O–H groups in total. The predicted octanol–water partition coefficient (Wildman–Crippen LogP) is 4.09. The molecule has 2 aromatic rings. The van der Waals surface area contributed by atoms with Crippen LogP contribution in [-0.4, -0.2) is 25.0 Å². The number of allylic oxidation sites excluding steroid dienone is 1. The Balaban J connectivity index is 2.12. The van der Waals surface area contributed by atoms with Gasteiger partial charge in [0, 0.05) is 11.3 Å². The van der Waals surface area contributed by atoms with Gasteiger partial charge in [0.15, 0.2) is 5.78 Å². The molecule has 130 valence electrons. The summed E-state index contributed by atoms with van der Waals surface area (Å²) in [6, 6.07) is 12.3. The SMILES string of the molecule is COc1cccc(C(=O)/C=C/c2cccc(NC(=O)C(F)(F)F)c2)c1. The minimum Gasteiger partial charge on any atom is -0.497 e. The molecular formula is C18H14F3NO3. The lowest BCUT2D eigenvalue weighted by molar-refractivity contribution is -0.167. The third-order valence-electron chi connectivity index (χ3n) is 3.18. The number of alkyl halides is 3. The Morgan fingerprint density at radius 3 is 2.48 bits per heavy atom. The van der Waals surface area contributed by atoms with Gasteiger partial charge in [-0.05, 0) is 35.9 Å². The number of halogens is 3. The standard InChI is InChI=1S/C18H14F3NO3/c1-25-15-7-3-5-13(11-15)16(23)9-8-12-4-2-6-14(10-12)22-17(24)18(19,20)21/h2-11H,1H3,(H,22,24)/b9-8+. The zero-order valence-electron chi connectivity index (χ0n) is 13.1. The smallest absolute Gasteiger partial charge is 0.471 e. The second-order valence-corrected chi connectivity index (χ2v) is 5.01. The molecule has 0 aliphatic carbocycles. The van der Waals surface area contributed by atoms with Gasteiger partial charge in [0.2, 0.25) is 0 Å². The van der Waals surface area contributed by atoms with Crippen molar-refractivity contribution in [3.63, 3.8) is 0 Å². The molecule has 0 bridgehead atoms. The first kappa shape index (κ1) is 18.3. The zero-order valence-corrected chi connectivity index (χ0v) is 13.1. The van der Waals surface area contributed by atoms with Crippen LogP contribution >= 0.6 is 0 Å². The molecule has 4 nitrogen and oxygen atoms in total. The predicted molar refractivity (Wildman–Crippen MR) is 87.5 cm³/mol. The van der Waals surface area contributed by atoms with Crippen molar-refractivity contribution in [2.75, 3.05) is 12.4 Å². The molecule has 0 saturated heterocycles. The van der Waals surface area contributed by atoms with E-state index in [1.54, 1.807) is 35.6 Å². The molecule has 0 heterocycles. The molecule has 0 radical (unpaired) electrons. The summed E-state index contributed by atoms with van der Waals surface area (Å²) in [6.07, 6.45) is -2.22. The molecule has 7 heteroatoms. The van der Waals surface area contributed by atoms with Crippen LogP contribution in [0, 0.1) is 0 Å². The molecule has 0 saturated carbocycles. The molecule has 0 aromatic heterocycles. The Labute approximate surface area is 141 Å². The van der Waals surface area contributed by atoms with Crippen LogP contribution in [0.3, 0.4) is 0 Å². The Kier molecular flexibility index (Phi) is 5.59. The highest BCUT2D eigenvalue weighted by atomic mass is 19.4. The van der Waals surface area contributed by atoms with Gasteiger partial charge < -0.3 is 10.1 Å². The molecule has 1 amide bonds. The topological polar surface area (TPSA) is 55.4 Å². The molecule has 0 aliphatic heterocycles. The molecule has 0 aliphatic rings. The van der Waals surface area contributed by atoms with Crippen molar-refractivity contribution in [2.24, 2.45) is 0 Å². The lowest BCUT2D eigenvalue weighted by Gasteiger charge is -2.08. The van der Waals surface area contributed by atoms with E-state index in [9.17, 15) is 22.8 Å². The van der Waals surface area contributed by atoms with E-state index in [-0.39, 0.29) is 11.5 Å². The van der Waals surface area contributed by atoms with E-state index in [1.807, 2.05) is 0 Å². The normalized spacial score (nSPS) is 11.4. The van der Waals surface area contributed by atoms with E-state index in [0.717, 1.165) is 0 Å². The van der Waals surface area contributed by atoms with Crippen molar-refractivity contribution < 1.29 is 27.5 Å². The molecular weight excluding hydrogens is 335 g/mol. The number of nitrogens with one attached hydrogen (secondary N) is 1. The summed E-state index contributed by atoms with van der Waals surface area (Å²) in [4.78, 5) is 23.1. The Morgan fingerprint density at radius 2 is 1.80 bits per heavy atom. The summed E-state index contributed by atoms with van der Waals surface area (Å²) in [5.74, 6) is -1.80. The second-order valence-electron chi connectivity index (χ2n) is 5.01. The van der Waals surface area contributed by atoms with Crippen molar-refractivity contribution in [1.82, 2.24) is 0 Å². The summed E-state index contributed by atoms with van der Waals surface area (Å²) in [7, 11) is 1.49. The van der Waals surface area contributed by atoms with Gasteiger partial charge in [-0.25, -0.2) is 0 Å². The number of hydrogen-bond acceptors (Lipinski definition) is 3. The average Bonchev–Trinajstić information content (AvgIpc) is 2.59. The van der Waals surface area contributed by atoms with Crippen LogP contribution in [0.15, 0.2) is 54.6 Å². The van der Waals surface area contributed by atoms with E-state index in [0.29, 0.717) is 16.9 Å². The minimum absolute atomic E-state index is 0.0155. The highest BCUT2D eigenvalue weighted by Gasteiger charge is 2.38. The van der Waals surface area contributed by atoms with Crippen molar-refractivity contribution in [2.45, 2.75) is 6.18 Å². The Morgan fingerprint density at radius 1 is 1.08 bits per heavy atom. The van der Waals surface area contributed by atoms with E-state index < -0.39 is 12.1 Å². The van der Waals surface area contributed by atoms with Crippen LogP contribution in [0.5, 0.6) is 5.75 Å². The highest BCUT2D eigenvalue weighted by Crippen LogP contribution is 2.19. The minimum atomic E-state index is -4.96. The first-order valence-electron chi connectivity index (χ1n) is 7.14. The number of ether oxygens (including phenoxy) is 1. The van der Waals surface area contributed by atoms with E-state index in [4.69, 9.17) is 4.74 Å². The van der Waals surface area contributed by atoms with Gasteiger partial charge in [0.25, 0.3) is 0 Å². The van der Waals surface area contributed by atoms with E-state index >= 15 is 0 Å². The first-order valence-corrected chi connectivity index (χ1v) is 7.14. The molecule has 0 atom stereocenters. The summed E-state index contributed by atoms with van der Waals surface area (Å²) in [5, 5.41) is 1.76. The molecule has 0 fully saturated rings. The van der Waals surface area contributed by atoms with Gasteiger partial charge in [-0.2, -0.15) is 13.2 Å². The van der Waals surface area contributed by atoms with Crippen LogP contribution in [0.4, 0.5) is 18.9 Å². The number of methoxy groups -OCH3 is 1. The molecule has 2 rings (SSSR count). The molecule has 0 spiro atoms. The van der Waals surface area contributed by atoms with Gasteiger partial charge in [-0.1, -0.05) is 30.3 Å². The summed E-state index contributed by atoms with van der Waals surface area (Å²) in [5.41, 5.74) is 0.867. The van der Waals surface area contributed by atoms with Crippen molar-refractivity contribution in [3.8, 4) is 5.75 Å². The maximum atomic E-state index is 12.3. The van der Waals surface area contributed by atoms with Gasteiger partial charge in [-0.3, -0.25) is 9.59 Å². The summed E-state index contributed by atoms with van der Waals surface area (Å²) >= 11 is 0. The quantitative estimate of drug-likeness (QED) is 0.653. The van der Waals surface area contributed by atoms with Crippen LogP contribution in [0.2, 0.25) is 0 Å². The summed E-state index contributed by atoms with van der Waals surface area (Å²) in [6.45, 7) is 0. The maximum absolute atomic E-state index is 12.3. The second kappa shape index (κ2) is 7.65. The number of anilines is 1. The van der Waals surface area contributed by atoms with Gasteiger partial charge in [-0.15, -0.1) is 0 Å². The van der Waals surface area contributed by atoms with E-state index in [1.165, 1.54) is 37.5 Å². The number of amides is 1. The monoisotopic (exact) mass is 349 g/mol. The van der Waals surface area contributed by atoms with Crippen LogP contribution in [-0.2, 0) is 4.79 Å². The maximum Gasteiger partial charge on any atom is 0.471 e. The lowest BCUT2D eigenvalue weighted by atomic mass is 10.1. The fourth-order valence-electron chi connectivity index (χ4n) is 1.97. The third kappa shape index (κ3) is 5.20. The largest absolute Gasteiger partial charge is 0.497 e. The number of benzene rings is 2. The highest BCUT2D eigenvalue weighted by molar-refractivity contribution is 6.07. The van der Waals surface area contributed by atoms with Crippen LogP contribution in [0.25, 0.3) is 6.08 Å². The van der Waals surface area contributed by atoms with Gasteiger partial charge in [0.1, 0.15) is 5.75 Å². The molecule has 25 heavy (non-hydrogen) atoms. The fraction of sp³-hybridized carbons (Fsp3) is 0.111. The Bertz CT molecular complexity index is 813. The van der Waals surface area contributed by atoms with Gasteiger partial charge in [0.05, 0.1) is 7.11 Å². The molecule has 2 aromatic carbocycles. The fourth-order valence-corrected chi connectivity index (χ4v) is 1.97. The summed E-state index contributed by atoms with van der Waals surface area (Å²) < 4.78 is 41.8. The number of carbonyl (C=O) groups excluding carboxylic acids is 2. The number of rotatable bonds is 5. The molecule has 0 unspecified atom stereocenters. The number of hydrogen-bond donors (Lipinski definition) is 1. The zero-order chi connectivity index (χ0) is 18.4. The number of carbonyl (C=O) groups is 2. The van der Waals surface area contributed by atoms with Crippen LogP contribution in [0.1, 0.15) is 15.9 Å². The van der Waals surface area contributed by atoms with Crippen molar-refractivity contribution in [3.05, 3.63) is 65.7 Å². The van der Waals surface area contributed by atoms with E-state index in [2.05, 4.69) is 0 Å². The van der Waals surface area contributed by atoms with Crippen molar-refractivity contribution in [1.29, 1.82) is 0 Å². The third-order valence-corrected chi connectivity index (χ3v) is 3.18.